The molecule has 2 unspecified atom stereocenters. The fourth-order valence-corrected chi connectivity index (χ4v) is 5.24. The molecule has 5 nitrogen and oxygen atoms in total. The fourth-order valence-electron chi connectivity index (χ4n) is 2.81. The first-order chi connectivity index (χ1) is 13.5. The van der Waals surface area contributed by atoms with Gasteiger partial charge >= 0.3 is 0 Å². The zero-order valence-electron chi connectivity index (χ0n) is 20.3. The molecular weight excluding hydrogens is 410 g/mol. The normalized spacial score (nSPS) is 21.5. The van der Waals surface area contributed by atoms with Gasteiger partial charge in [0.05, 0.1) is 6.54 Å². The lowest BCUT2D eigenvalue weighted by Gasteiger charge is -2.41. The van der Waals surface area contributed by atoms with Crippen LogP contribution in [-0.2, 0) is 25.0 Å². The second-order valence-electron chi connectivity index (χ2n) is 11.3. The number of imide groups is 1. The van der Waals surface area contributed by atoms with Crippen LogP contribution in [0.15, 0.2) is 30.3 Å². The first-order valence-corrected chi connectivity index (χ1v) is 16.5. The third kappa shape index (κ3) is 5.12. The minimum Gasteiger partial charge on any atom is -0.403 e. The maximum Gasteiger partial charge on any atom is 0.260 e. The Morgan fingerprint density at radius 2 is 1.13 bits per heavy atom. The Kier molecular flexibility index (Phi) is 6.94. The average Bonchev–Trinajstić information content (AvgIpc) is 2.78. The summed E-state index contributed by atoms with van der Waals surface area (Å²) in [4.78, 5) is 28.1. The van der Waals surface area contributed by atoms with E-state index in [1.165, 1.54) is 4.90 Å². The summed E-state index contributed by atoms with van der Waals surface area (Å²) in [6.07, 6.45) is -1.76. The maximum absolute atomic E-state index is 13.4. The van der Waals surface area contributed by atoms with Gasteiger partial charge in [-0.05, 0) is 41.8 Å². The molecule has 30 heavy (non-hydrogen) atoms. The molecule has 0 saturated carbocycles. The van der Waals surface area contributed by atoms with Gasteiger partial charge in [-0.25, -0.2) is 0 Å². The molecule has 1 saturated heterocycles. The lowest BCUT2D eigenvalue weighted by molar-refractivity contribution is -0.141. The van der Waals surface area contributed by atoms with Gasteiger partial charge in [0.2, 0.25) is 0 Å². The van der Waals surface area contributed by atoms with Crippen LogP contribution in [0, 0.1) is 0 Å². The Labute approximate surface area is 184 Å². The molecule has 2 rings (SSSR count). The molecule has 1 fully saturated rings. The van der Waals surface area contributed by atoms with E-state index in [4.69, 9.17) is 8.85 Å². The Balaban J connectivity index is 2.40. The van der Waals surface area contributed by atoms with Crippen LogP contribution in [0.4, 0.5) is 0 Å². The van der Waals surface area contributed by atoms with E-state index >= 15 is 0 Å². The van der Waals surface area contributed by atoms with Crippen LogP contribution in [0.25, 0.3) is 0 Å². The highest BCUT2D eigenvalue weighted by Gasteiger charge is 2.55. The average molecular weight is 450 g/mol. The van der Waals surface area contributed by atoms with Crippen molar-refractivity contribution in [3.8, 4) is 0 Å². The number of amides is 2. The molecule has 1 aromatic rings. The quantitative estimate of drug-likeness (QED) is 0.435. The van der Waals surface area contributed by atoms with Crippen LogP contribution in [0.3, 0.4) is 0 Å². The second-order valence-corrected chi connectivity index (χ2v) is 20.9. The zero-order valence-corrected chi connectivity index (χ0v) is 22.3. The Bertz CT molecular complexity index is 733. The predicted molar refractivity (Wildman–Crippen MR) is 126 cm³/mol. The largest absolute Gasteiger partial charge is 0.403 e. The summed E-state index contributed by atoms with van der Waals surface area (Å²) in [5, 5.41) is -0.157. The first kappa shape index (κ1) is 25.0. The molecule has 1 aliphatic rings. The SMILES string of the molecule is CC(C)(C)[Si](C)(C)OC1C(=O)N(Cc2ccccc2)C(=O)C1O[Si](C)(C)C(C)(C)C. The molecule has 0 N–H and O–H groups in total. The summed E-state index contributed by atoms with van der Waals surface area (Å²) >= 11 is 0. The highest BCUT2D eigenvalue weighted by molar-refractivity contribution is 6.75. The number of rotatable bonds is 6. The molecule has 2 atom stereocenters. The summed E-state index contributed by atoms with van der Waals surface area (Å²) in [6.45, 7) is 21.4. The number of hydrogen-bond donors (Lipinski definition) is 0. The van der Waals surface area contributed by atoms with E-state index in [1.54, 1.807) is 0 Å². The molecule has 1 aromatic carbocycles. The van der Waals surface area contributed by atoms with Crippen molar-refractivity contribution in [1.29, 1.82) is 0 Å². The molecule has 7 heteroatoms. The van der Waals surface area contributed by atoms with E-state index in [9.17, 15) is 9.59 Å². The van der Waals surface area contributed by atoms with Crippen molar-refractivity contribution in [2.24, 2.45) is 0 Å². The van der Waals surface area contributed by atoms with Crippen molar-refractivity contribution in [2.75, 3.05) is 0 Å². The fraction of sp³-hybridized carbons (Fsp3) is 0.652. The van der Waals surface area contributed by atoms with Crippen LogP contribution in [0.1, 0.15) is 47.1 Å². The zero-order chi connectivity index (χ0) is 23.1. The second kappa shape index (κ2) is 8.33. The maximum atomic E-state index is 13.4. The van der Waals surface area contributed by atoms with Gasteiger partial charge in [0.25, 0.3) is 11.8 Å². The molecule has 1 aliphatic heterocycles. The molecule has 0 spiro atoms. The third-order valence-electron chi connectivity index (χ3n) is 6.93. The van der Waals surface area contributed by atoms with Crippen LogP contribution in [-0.4, -0.2) is 45.6 Å². The topological polar surface area (TPSA) is 55.8 Å². The minimum absolute atomic E-state index is 0.0787. The Morgan fingerprint density at radius 3 is 1.47 bits per heavy atom. The van der Waals surface area contributed by atoms with Crippen molar-refractivity contribution in [2.45, 2.75) is 96.6 Å². The van der Waals surface area contributed by atoms with Crippen molar-refractivity contribution >= 4 is 28.4 Å². The lowest BCUT2D eigenvalue weighted by Crippen LogP contribution is -2.52. The van der Waals surface area contributed by atoms with Gasteiger partial charge in [0.15, 0.2) is 28.8 Å². The molecule has 0 bridgehead atoms. The number of likely N-dealkylation sites (tertiary alicyclic amines) is 1. The lowest BCUT2D eigenvalue weighted by atomic mass is 10.2. The van der Waals surface area contributed by atoms with Gasteiger partial charge in [-0.15, -0.1) is 0 Å². The minimum atomic E-state index is -2.29. The molecule has 0 aromatic heterocycles. The van der Waals surface area contributed by atoms with E-state index in [0.717, 1.165) is 5.56 Å². The van der Waals surface area contributed by atoms with Crippen LogP contribution < -0.4 is 0 Å². The molecule has 168 valence electrons. The van der Waals surface area contributed by atoms with Crippen LogP contribution >= 0.6 is 0 Å². The van der Waals surface area contributed by atoms with E-state index in [-0.39, 0.29) is 28.4 Å². The molecular formula is C23H39NO4Si2. The summed E-state index contributed by atoms with van der Waals surface area (Å²) in [5.41, 5.74) is 0.915. The highest BCUT2D eigenvalue weighted by Crippen LogP contribution is 2.42. The van der Waals surface area contributed by atoms with E-state index in [1.807, 2.05) is 30.3 Å². The number of hydrogen-bond acceptors (Lipinski definition) is 4. The number of benzene rings is 1. The van der Waals surface area contributed by atoms with Crippen LogP contribution in [0.5, 0.6) is 0 Å². The summed E-state index contributed by atoms with van der Waals surface area (Å²) in [7, 11) is -4.58. The van der Waals surface area contributed by atoms with E-state index in [2.05, 4.69) is 67.7 Å². The first-order valence-electron chi connectivity index (χ1n) is 10.7. The van der Waals surface area contributed by atoms with Gasteiger partial charge in [-0.3, -0.25) is 14.5 Å². The molecule has 0 radical (unpaired) electrons. The van der Waals surface area contributed by atoms with Gasteiger partial charge in [0, 0.05) is 0 Å². The van der Waals surface area contributed by atoms with Crippen LogP contribution in [0.2, 0.25) is 36.3 Å². The number of carbonyl (C=O) groups excluding carboxylic acids is 2. The molecule has 0 aliphatic carbocycles. The highest BCUT2D eigenvalue weighted by atomic mass is 28.4. The molecule has 1 heterocycles. The van der Waals surface area contributed by atoms with E-state index < -0.39 is 28.8 Å². The smallest absolute Gasteiger partial charge is 0.260 e. The van der Waals surface area contributed by atoms with Gasteiger partial charge < -0.3 is 8.85 Å². The number of carbonyl (C=O) groups is 2. The number of nitrogens with zero attached hydrogens (tertiary/aromatic N) is 1. The summed E-state index contributed by atoms with van der Waals surface area (Å²) in [6, 6.07) is 9.59. The van der Waals surface area contributed by atoms with Crippen molar-refractivity contribution in [1.82, 2.24) is 4.90 Å². The van der Waals surface area contributed by atoms with Gasteiger partial charge in [-0.2, -0.15) is 0 Å². The summed E-state index contributed by atoms with van der Waals surface area (Å²) < 4.78 is 13.0. The van der Waals surface area contributed by atoms with Gasteiger partial charge in [-0.1, -0.05) is 71.9 Å². The van der Waals surface area contributed by atoms with Crippen molar-refractivity contribution in [3.63, 3.8) is 0 Å². The van der Waals surface area contributed by atoms with Gasteiger partial charge in [0.1, 0.15) is 0 Å². The summed E-state index contributed by atoms with van der Waals surface area (Å²) in [5.74, 6) is -0.560. The Hall–Kier alpha value is -1.29. The third-order valence-corrected chi connectivity index (χ3v) is 15.8. The molecule has 2 amide bonds. The monoisotopic (exact) mass is 449 g/mol. The Morgan fingerprint density at radius 1 is 0.767 bits per heavy atom. The van der Waals surface area contributed by atoms with Crippen molar-refractivity contribution in [3.05, 3.63) is 35.9 Å². The predicted octanol–water partition coefficient (Wildman–Crippen LogP) is 5.34. The standard InChI is InChI=1S/C23H39NO4Si2/c1-22(2,3)29(7,8)27-18-19(28-30(9,10)23(4,5)6)21(26)24(20(18)25)16-17-14-12-11-13-15-17/h11-15,18-19H,16H2,1-10H3. The van der Waals surface area contributed by atoms with Crippen molar-refractivity contribution < 1.29 is 18.4 Å². The van der Waals surface area contributed by atoms with E-state index in [0.29, 0.717) is 0 Å².